The van der Waals surface area contributed by atoms with Crippen LogP contribution in [0.1, 0.15) is 44.9 Å². The maximum absolute atomic E-state index is 6.04. The molecule has 3 fully saturated rings. The van der Waals surface area contributed by atoms with E-state index in [9.17, 15) is 0 Å². The molecule has 0 radical (unpaired) electrons. The van der Waals surface area contributed by atoms with Crippen LogP contribution in [-0.2, 0) is 4.74 Å². The Morgan fingerprint density at radius 1 is 1.22 bits per heavy atom. The van der Waals surface area contributed by atoms with Crippen molar-refractivity contribution < 1.29 is 4.74 Å². The van der Waals surface area contributed by atoms with Gasteiger partial charge in [-0.25, -0.2) is 0 Å². The van der Waals surface area contributed by atoms with E-state index in [2.05, 4.69) is 17.3 Å². The molecule has 3 rings (SSSR count). The highest BCUT2D eigenvalue weighted by molar-refractivity contribution is 4.96. The molecule has 1 unspecified atom stereocenters. The molecule has 3 nitrogen and oxygen atoms in total. The normalized spacial score (nSPS) is 32.7. The van der Waals surface area contributed by atoms with Crippen LogP contribution < -0.4 is 5.32 Å². The van der Waals surface area contributed by atoms with Gasteiger partial charge in [0.25, 0.3) is 0 Å². The fourth-order valence-electron chi connectivity index (χ4n) is 3.92. The lowest BCUT2D eigenvalue weighted by Crippen LogP contribution is -2.52. The molecule has 2 aliphatic heterocycles. The number of nitrogens with one attached hydrogen (secondary N) is 1. The van der Waals surface area contributed by atoms with Gasteiger partial charge in [-0.2, -0.15) is 0 Å². The molecule has 1 N–H and O–H groups in total. The Balaban J connectivity index is 1.50. The second-order valence-corrected chi connectivity index (χ2v) is 6.66. The van der Waals surface area contributed by atoms with Crippen LogP contribution in [-0.4, -0.2) is 49.8 Å². The summed E-state index contributed by atoms with van der Waals surface area (Å²) in [5.41, 5.74) is 0.297. The molecule has 3 aliphatic rings. The largest absolute Gasteiger partial charge is 0.375 e. The Morgan fingerprint density at radius 2 is 2.00 bits per heavy atom. The van der Waals surface area contributed by atoms with Gasteiger partial charge >= 0.3 is 0 Å². The third kappa shape index (κ3) is 2.73. The first kappa shape index (κ1) is 12.9. The zero-order valence-electron chi connectivity index (χ0n) is 11.8. The molecule has 1 spiro atoms. The summed E-state index contributed by atoms with van der Waals surface area (Å²) in [6.07, 6.45) is 9.25. The summed E-state index contributed by atoms with van der Waals surface area (Å²) < 4.78 is 6.04. The van der Waals surface area contributed by atoms with E-state index < -0.39 is 0 Å². The van der Waals surface area contributed by atoms with E-state index >= 15 is 0 Å². The SMILES string of the molecule is CN(CC1CCNCC1)C1CCOC2(CCC2)C1. The summed E-state index contributed by atoms with van der Waals surface area (Å²) in [7, 11) is 2.34. The number of piperidine rings is 1. The lowest BCUT2D eigenvalue weighted by atomic mass is 9.73. The first-order chi connectivity index (χ1) is 8.77. The molecule has 18 heavy (non-hydrogen) atoms. The molecule has 1 saturated carbocycles. The maximum Gasteiger partial charge on any atom is 0.0697 e. The minimum atomic E-state index is 0.297. The summed E-state index contributed by atoms with van der Waals surface area (Å²) in [5, 5.41) is 3.46. The van der Waals surface area contributed by atoms with Crippen molar-refractivity contribution in [3.63, 3.8) is 0 Å². The van der Waals surface area contributed by atoms with Gasteiger partial charge in [0, 0.05) is 19.2 Å². The highest BCUT2D eigenvalue weighted by atomic mass is 16.5. The fourth-order valence-corrected chi connectivity index (χ4v) is 3.92. The van der Waals surface area contributed by atoms with E-state index in [0.29, 0.717) is 5.60 Å². The van der Waals surface area contributed by atoms with Gasteiger partial charge in [0.1, 0.15) is 0 Å². The van der Waals surface area contributed by atoms with Crippen LogP contribution in [0.15, 0.2) is 0 Å². The van der Waals surface area contributed by atoms with Gasteiger partial charge in [0.2, 0.25) is 0 Å². The molecule has 0 aromatic heterocycles. The monoisotopic (exact) mass is 252 g/mol. The van der Waals surface area contributed by atoms with Crippen molar-refractivity contribution >= 4 is 0 Å². The van der Waals surface area contributed by atoms with Gasteiger partial charge in [-0.1, -0.05) is 0 Å². The predicted octanol–water partition coefficient (Wildman–Crippen LogP) is 2.02. The van der Waals surface area contributed by atoms with Crippen LogP contribution in [0, 0.1) is 5.92 Å². The highest BCUT2D eigenvalue weighted by Crippen LogP contribution is 2.43. The lowest BCUT2D eigenvalue weighted by molar-refractivity contribution is -0.147. The minimum Gasteiger partial charge on any atom is -0.375 e. The molecular formula is C15H28N2O. The number of hydrogen-bond donors (Lipinski definition) is 1. The quantitative estimate of drug-likeness (QED) is 0.831. The van der Waals surface area contributed by atoms with E-state index in [0.717, 1.165) is 18.6 Å². The average Bonchev–Trinajstić information content (AvgIpc) is 2.38. The molecule has 0 amide bonds. The third-order valence-electron chi connectivity index (χ3n) is 5.36. The zero-order chi connectivity index (χ0) is 12.4. The van der Waals surface area contributed by atoms with Crippen molar-refractivity contribution in [2.45, 2.75) is 56.6 Å². The molecule has 3 heteroatoms. The molecule has 1 atom stereocenters. The summed E-state index contributed by atoms with van der Waals surface area (Å²) >= 11 is 0. The molecule has 104 valence electrons. The maximum atomic E-state index is 6.04. The predicted molar refractivity (Wildman–Crippen MR) is 73.8 cm³/mol. The lowest BCUT2D eigenvalue weighted by Gasteiger charge is -2.49. The van der Waals surface area contributed by atoms with Crippen LogP contribution in [0.2, 0.25) is 0 Å². The topological polar surface area (TPSA) is 24.5 Å². The van der Waals surface area contributed by atoms with Crippen molar-refractivity contribution in [1.82, 2.24) is 10.2 Å². The Kier molecular flexibility index (Phi) is 3.92. The Bertz CT molecular complexity index is 272. The molecule has 2 heterocycles. The van der Waals surface area contributed by atoms with Crippen molar-refractivity contribution in [3.8, 4) is 0 Å². The molecule has 0 bridgehead atoms. The van der Waals surface area contributed by atoms with Crippen LogP contribution in [0.5, 0.6) is 0 Å². The van der Waals surface area contributed by atoms with Gasteiger partial charge in [-0.05, 0) is 71.0 Å². The summed E-state index contributed by atoms with van der Waals surface area (Å²) in [6, 6.07) is 0.772. The second-order valence-electron chi connectivity index (χ2n) is 6.66. The Labute approximate surface area is 111 Å². The van der Waals surface area contributed by atoms with Crippen LogP contribution >= 0.6 is 0 Å². The van der Waals surface area contributed by atoms with Crippen molar-refractivity contribution in [2.24, 2.45) is 5.92 Å². The van der Waals surface area contributed by atoms with Crippen LogP contribution in [0.25, 0.3) is 0 Å². The van der Waals surface area contributed by atoms with E-state index in [1.54, 1.807) is 0 Å². The van der Waals surface area contributed by atoms with E-state index in [4.69, 9.17) is 4.74 Å². The summed E-state index contributed by atoms with van der Waals surface area (Å²) in [4.78, 5) is 2.64. The molecule has 0 aromatic rings. The first-order valence-electron chi connectivity index (χ1n) is 7.82. The molecule has 2 saturated heterocycles. The average molecular weight is 252 g/mol. The summed E-state index contributed by atoms with van der Waals surface area (Å²) in [5.74, 6) is 0.913. The Morgan fingerprint density at radius 3 is 2.67 bits per heavy atom. The molecule has 0 aromatic carbocycles. The standard InChI is InChI=1S/C15H28N2O/c1-17(12-13-3-8-16-9-4-13)14-5-10-18-15(11-14)6-2-7-15/h13-14,16H,2-12H2,1H3. The van der Waals surface area contributed by atoms with E-state index in [1.807, 2.05) is 0 Å². The van der Waals surface area contributed by atoms with Gasteiger partial charge in [0.05, 0.1) is 5.60 Å². The smallest absolute Gasteiger partial charge is 0.0697 e. The van der Waals surface area contributed by atoms with Crippen molar-refractivity contribution in [2.75, 3.05) is 33.3 Å². The van der Waals surface area contributed by atoms with Gasteiger partial charge in [-0.3, -0.25) is 0 Å². The van der Waals surface area contributed by atoms with Gasteiger partial charge in [0.15, 0.2) is 0 Å². The van der Waals surface area contributed by atoms with Crippen molar-refractivity contribution in [3.05, 3.63) is 0 Å². The number of rotatable bonds is 3. The van der Waals surface area contributed by atoms with Crippen molar-refractivity contribution in [1.29, 1.82) is 0 Å². The molecular weight excluding hydrogens is 224 g/mol. The first-order valence-corrected chi connectivity index (χ1v) is 7.82. The zero-order valence-corrected chi connectivity index (χ0v) is 11.8. The fraction of sp³-hybridized carbons (Fsp3) is 1.00. The number of hydrogen-bond acceptors (Lipinski definition) is 3. The number of ether oxygens (including phenoxy) is 1. The van der Waals surface area contributed by atoms with Crippen LogP contribution in [0.4, 0.5) is 0 Å². The van der Waals surface area contributed by atoms with Crippen LogP contribution in [0.3, 0.4) is 0 Å². The van der Waals surface area contributed by atoms with E-state index in [1.165, 1.54) is 64.6 Å². The Hall–Kier alpha value is -0.120. The third-order valence-corrected chi connectivity index (χ3v) is 5.36. The summed E-state index contributed by atoms with van der Waals surface area (Å²) in [6.45, 7) is 4.72. The molecule has 1 aliphatic carbocycles. The van der Waals surface area contributed by atoms with E-state index in [-0.39, 0.29) is 0 Å². The van der Waals surface area contributed by atoms with Gasteiger partial charge in [-0.15, -0.1) is 0 Å². The highest BCUT2D eigenvalue weighted by Gasteiger charge is 2.43. The number of nitrogens with zero attached hydrogens (tertiary/aromatic N) is 1. The second kappa shape index (κ2) is 5.48. The van der Waals surface area contributed by atoms with Gasteiger partial charge < -0.3 is 15.0 Å². The minimum absolute atomic E-state index is 0.297.